The summed E-state index contributed by atoms with van der Waals surface area (Å²) in [6, 6.07) is 5.16. The number of carbonyl (C=O) groups excluding carboxylic acids is 2. The Morgan fingerprint density at radius 3 is 2.25 bits per heavy atom. The van der Waals surface area contributed by atoms with Crippen LogP contribution in [0.2, 0.25) is 0 Å². The van der Waals surface area contributed by atoms with Gasteiger partial charge in [0.2, 0.25) is 9.84 Å². The van der Waals surface area contributed by atoms with E-state index in [1.807, 2.05) is 0 Å². The van der Waals surface area contributed by atoms with Crippen LogP contribution in [0.25, 0.3) is 0 Å². The van der Waals surface area contributed by atoms with Gasteiger partial charge in [-0.25, -0.2) is 13.2 Å². The number of esters is 1. The summed E-state index contributed by atoms with van der Waals surface area (Å²) < 4.78 is 51.9. The summed E-state index contributed by atoms with van der Waals surface area (Å²) in [7, 11) is -4.77. The van der Waals surface area contributed by atoms with Crippen molar-refractivity contribution in [3.05, 3.63) is 42.1 Å². The summed E-state index contributed by atoms with van der Waals surface area (Å²) >= 11 is 0. The molecule has 1 aromatic rings. The molecule has 0 amide bonds. The predicted octanol–water partition coefficient (Wildman–Crippen LogP) is 1.02. The molecule has 24 heavy (non-hydrogen) atoms. The van der Waals surface area contributed by atoms with Crippen molar-refractivity contribution in [2.45, 2.75) is 10.7 Å². The van der Waals surface area contributed by atoms with Gasteiger partial charge in [-0.05, 0) is 24.3 Å². The van der Waals surface area contributed by atoms with E-state index in [1.54, 1.807) is 6.07 Å². The molecule has 0 aromatic heterocycles. The van der Waals surface area contributed by atoms with Crippen LogP contribution in [0.1, 0.15) is 10.4 Å². The molecular weight excluding hydrogens is 346 g/mol. The molecule has 0 spiro atoms. The number of nitriles is 1. The lowest BCUT2D eigenvalue weighted by Crippen LogP contribution is -2.25. The minimum atomic E-state index is -4.77. The molecule has 0 bridgehead atoms. The Bertz CT molecular complexity index is 797. The van der Waals surface area contributed by atoms with Gasteiger partial charge >= 0.3 is 11.7 Å². The van der Waals surface area contributed by atoms with Crippen molar-refractivity contribution >= 4 is 21.6 Å². The van der Waals surface area contributed by atoms with E-state index in [2.05, 4.69) is 11.3 Å². The monoisotopic (exact) mass is 358 g/mol. The highest BCUT2D eigenvalue weighted by atomic mass is 32.2. The standard InChI is InChI=1S/C14H12F2N2O5S/c1-8(18)11(6-17)12(19)7-23-13(20)9-2-4-10(5-3-9)24(21,22)14(15)16/h2-5,11,14H,1,7,18H2/t11-/m1/s1. The number of benzene rings is 1. The van der Waals surface area contributed by atoms with Gasteiger partial charge in [-0.2, -0.15) is 14.0 Å². The van der Waals surface area contributed by atoms with Gasteiger partial charge in [0.1, 0.15) is 5.92 Å². The number of allylic oxidation sites excluding steroid dienone is 1. The van der Waals surface area contributed by atoms with Crippen molar-refractivity contribution in [3.63, 3.8) is 0 Å². The number of ketones is 1. The number of nitrogens with zero attached hydrogens (tertiary/aromatic N) is 1. The lowest BCUT2D eigenvalue weighted by atomic mass is 10.0. The fourth-order valence-corrected chi connectivity index (χ4v) is 2.27. The van der Waals surface area contributed by atoms with Crippen LogP contribution in [0.3, 0.4) is 0 Å². The number of Topliss-reactive ketones (excluding diaryl/α,β-unsaturated/α-hetero) is 1. The van der Waals surface area contributed by atoms with Gasteiger partial charge in [0.15, 0.2) is 12.4 Å². The molecule has 0 saturated carbocycles. The average molecular weight is 358 g/mol. The van der Waals surface area contributed by atoms with Crippen LogP contribution in [0, 0.1) is 17.2 Å². The fraction of sp³-hybridized carbons (Fsp3) is 0.214. The van der Waals surface area contributed by atoms with Gasteiger partial charge in [-0.1, -0.05) is 6.58 Å². The number of carbonyl (C=O) groups is 2. The lowest BCUT2D eigenvalue weighted by molar-refractivity contribution is -0.123. The summed E-state index contributed by atoms with van der Waals surface area (Å²) in [6.07, 6.45) is 0. The molecule has 0 saturated heterocycles. The second kappa shape index (κ2) is 7.65. The third-order valence-corrected chi connectivity index (χ3v) is 4.22. The second-order valence-corrected chi connectivity index (χ2v) is 6.43. The van der Waals surface area contributed by atoms with E-state index in [0.717, 1.165) is 24.3 Å². The van der Waals surface area contributed by atoms with Crippen LogP contribution in [0.5, 0.6) is 0 Å². The van der Waals surface area contributed by atoms with Crippen molar-refractivity contribution in [2.24, 2.45) is 11.7 Å². The van der Waals surface area contributed by atoms with E-state index >= 15 is 0 Å². The Morgan fingerprint density at radius 2 is 1.83 bits per heavy atom. The average Bonchev–Trinajstić information content (AvgIpc) is 2.52. The highest BCUT2D eigenvalue weighted by Gasteiger charge is 2.27. The molecule has 10 heteroatoms. The highest BCUT2D eigenvalue weighted by Crippen LogP contribution is 2.19. The zero-order chi connectivity index (χ0) is 18.5. The van der Waals surface area contributed by atoms with Gasteiger partial charge in [-0.15, -0.1) is 0 Å². The molecule has 128 valence electrons. The maximum absolute atomic E-state index is 12.4. The van der Waals surface area contributed by atoms with Gasteiger partial charge < -0.3 is 10.5 Å². The number of sulfone groups is 1. The number of alkyl halides is 2. The number of hydrogen-bond donors (Lipinski definition) is 1. The molecular formula is C14H12F2N2O5S. The van der Waals surface area contributed by atoms with Gasteiger partial charge in [-0.3, -0.25) is 4.79 Å². The maximum atomic E-state index is 12.4. The first kappa shape index (κ1) is 19.2. The molecule has 0 fully saturated rings. The van der Waals surface area contributed by atoms with Crippen LogP contribution in [-0.4, -0.2) is 32.5 Å². The third kappa shape index (κ3) is 4.36. The van der Waals surface area contributed by atoms with Crippen molar-refractivity contribution < 1.29 is 31.5 Å². The zero-order valence-electron chi connectivity index (χ0n) is 12.1. The molecule has 0 unspecified atom stereocenters. The first-order chi connectivity index (χ1) is 11.1. The molecule has 0 radical (unpaired) electrons. The van der Waals surface area contributed by atoms with Gasteiger partial charge in [0.25, 0.3) is 0 Å². The Labute approximate surface area is 136 Å². The summed E-state index contributed by atoms with van der Waals surface area (Å²) in [5, 5.41) is 8.73. The summed E-state index contributed by atoms with van der Waals surface area (Å²) in [5.41, 5.74) is 4.90. The number of ether oxygens (including phenoxy) is 1. The molecule has 0 aliphatic carbocycles. The Kier molecular flexibility index (Phi) is 6.13. The first-order valence-corrected chi connectivity index (χ1v) is 7.81. The normalized spacial score (nSPS) is 12.2. The van der Waals surface area contributed by atoms with Crippen LogP contribution >= 0.6 is 0 Å². The van der Waals surface area contributed by atoms with Crippen molar-refractivity contribution in [3.8, 4) is 6.07 Å². The Hall–Kier alpha value is -2.80. The number of nitrogens with two attached hydrogens (primary N) is 1. The van der Waals surface area contributed by atoms with Crippen molar-refractivity contribution in [2.75, 3.05) is 6.61 Å². The topological polar surface area (TPSA) is 127 Å². The lowest BCUT2D eigenvalue weighted by Gasteiger charge is -2.08. The molecule has 1 aromatic carbocycles. The number of rotatable bonds is 7. The number of hydrogen-bond acceptors (Lipinski definition) is 7. The molecule has 0 heterocycles. The maximum Gasteiger partial charge on any atom is 0.341 e. The van der Waals surface area contributed by atoms with E-state index < -0.39 is 44.8 Å². The molecule has 2 N–H and O–H groups in total. The second-order valence-electron chi connectivity index (χ2n) is 4.51. The predicted molar refractivity (Wildman–Crippen MR) is 77.4 cm³/mol. The summed E-state index contributed by atoms with van der Waals surface area (Å²) in [6.45, 7) is 2.51. The van der Waals surface area contributed by atoms with Crippen molar-refractivity contribution in [1.82, 2.24) is 0 Å². The molecule has 0 aliphatic rings. The van der Waals surface area contributed by atoms with E-state index in [9.17, 15) is 26.8 Å². The Balaban J connectivity index is 2.79. The number of halogens is 2. The van der Waals surface area contributed by atoms with Crippen LogP contribution in [0.15, 0.2) is 41.4 Å². The quantitative estimate of drug-likeness (QED) is 0.721. The fourth-order valence-electron chi connectivity index (χ4n) is 1.55. The molecule has 7 nitrogen and oxygen atoms in total. The SMILES string of the molecule is C=C(N)[C@@H](C#N)C(=O)COC(=O)c1ccc(S(=O)(=O)C(F)F)cc1. The van der Waals surface area contributed by atoms with Gasteiger partial charge in [0.05, 0.1) is 16.5 Å². The Morgan fingerprint density at radius 1 is 1.29 bits per heavy atom. The molecule has 1 atom stereocenters. The smallest absolute Gasteiger partial charge is 0.341 e. The van der Waals surface area contributed by atoms with E-state index in [0.29, 0.717) is 0 Å². The summed E-state index contributed by atoms with van der Waals surface area (Å²) in [4.78, 5) is 22.7. The molecule has 0 aliphatic heterocycles. The van der Waals surface area contributed by atoms with Crippen LogP contribution in [0.4, 0.5) is 8.78 Å². The highest BCUT2D eigenvalue weighted by molar-refractivity contribution is 7.91. The van der Waals surface area contributed by atoms with E-state index in [4.69, 9.17) is 11.0 Å². The molecule has 1 rings (SSSR count). The minimum absolute atomic E-state index is 0.156. The third-order valence-electron chi connectivity index (χ3n) is 2.82. The first-order valence-electron chi connectivity index (χ1n) is 6.27. The van der Waals surface area contributed by atoms with E-state index in [1.165, 1.54) is 0 Å². The van der Waals surface area contributed by atoms with Crippen molar-refractivity contribution in [1.29, 1.82) is 5.26 Å². The summed E-state index contributed by atoms with van der Waals surface area (Å²) in [5.74, 6) is -6.68. The largest absolute Gasteiger partial charge is 0.454 e. The van der Waals surface area contributed by atoms with Crippen LogP contribution in [-0.2, 0) is 19.4 Å². The van der Waals surface area contributed by atoms with Crippen LogP contribution < -0.4 is 5.73 Å². The minimum Gasteiger partial charge on any atom is -0.454 e. The zero-order valence-corrected chi connectivity index (χ0v) is 12.9. The van der Waals surface area contributed by atoms with E-state index in [-0.39, 0.29) is 11.3 Å². The van der Waals surface area contributed by atoms with Gasteiger partial charge in [0, 0.05) is 5.70 Å².